The molecule has 1 aromatic carbocycles. The molecule has 0 amide bonds. The third-order valence-corrected chi connectivity index (χ3v) is 3.62. The number of nitrogens with zero attached hydrogens (tertiary/aromatic N) is 2. The van der Waals surface area contributed by atoms with Gasteiger partial charge in [0.2, 0.25) is 0 Å². The molecule has 94 valence electrons. The Kier molecular flexibility index (Phi) is 2.80. The van der Waals surface area contributed by atoms with Crippen LogP contribution in [0.2, 0.25) is 0 Å². The number of hydrogen-bond acceptors (Lipinski definition) is 3. The summed E-state index contributed by atoms with van der Waals surface area (Å²) in [6.07, 6.45) is 1.98. The molecule has 1 atom stereocenters. The lowest BCUT2D eigenvalue weighted by molar-refractivity contribution is 0.405. The van der Waals surface area contributed by atoms with Crippen molar-refractivity contribution < 1.29 is 4.74 Å². The van der Waals surface area contributed by atoms with E-state index in [9.17, 15) is 0 Å². The van der Waals surface area contributed by atoms with E-state index in [0.29, 0.717) is 5.92 Å². The monoisotopic (exact) mass is 243 g/mol. The fraction of sp³-hybridized carbons (Fsp3) is 0.357. The molecule has 3 rings (SSSR count). The van der Waals surface area contributed by atoms with Crippen molar-refractivity contribution in [3.8, 4) is 5.75 Å². The van der Waals surface area contributed by atoms with Gasteiger partial charge in [-0.15, -0.1) is 0 Å². The van der Waals surface area contributed by atoms with Gasteiger partial charge in [-0.25, -0.2) is 0 Å². The molecule has 2 heterocycles. The molecule has 0 bridgehead atoms. The zero-order chi connectivity index (χ0) is 12.5. The summed E-state index contributed by atoms with van der Waals surface area (Å²) >= 11 is 0. The Balaban J connectivity index is 2.08. The van der Waals surface area contributed by atoms with Crippen LogP contribution in [-0.4, -0.2) is 23.4 Å². The van der Waals surface area contributed by atoms with Gasteiger partial charge >= 0.3 is 0 Å². The minimum Gasteiger partial charge on any atom is -0.496 e. The van der Waals surface area contributed by atoms with Crippen LogP contribution in [0, 0.1) is 0 Å². The van der Waals surface area contributed by atoms with Crippen molar-refractivity contribution in [2.24, 2.45) is 7.05 Å². The Morgan fingerprint density at radius 1 is 1.33 bits per heavy atom. The van der Waals surface area contributed by atoms with Gasteiger partial charge in [-0.3, -0.25) is 4.68 Å². The van der Waals surface area contributed by atoms with E-state index in [-0.39, 0.29) is 0 Å². The van der Waals surface area contributed by atoms with E-state index in [4.69, 9.17) is 4.74 Å². The summed E-state index contributed by atoms with van der Waals surface area (Å²) in [5.74, 6) is 1.26. The van der Waals surface area contributed by atoms with Crippen molar-refractivity contribution in [3.05, 3.63) is 47.3 Å². The fourth-order valence-corrected chi connectivity index (χ4v) is 2.66. The first-order valence-electron chi connectivity index (χ1n) is 6.15. The Labute approximate surface area is 107 Å². The highest BCUT2D eigenvalue weighted by atomic mass is 16.5. The zero-order valence-corrected chi connectivity index (χ0v) is 10.7. The average molecular weight is 243 g/mol. The third kappa shape index (κ3) is 1.69. The van der Waals surface area contributed by atoms with Crippen LogP contribution in [0.15, 0.2) is 30.5 Å². The van der Waals surface area contributed by atoms with Crippen LogP contribution >= 0.6 is 0 Å². The quantitative estimate of drug-likeness (QED) is 0.872. The molecule has 1 aliphatic rings. The molecule has 0 radical (unpaired) electrons. The number of ether oxygens (including phenoxy) is 1. The van der Waals surface area contributed by atoms with Crippen LogP contribution in [0.1, 0.15) is 22.7 Å². The standard InChI is InChI=1S/C14H17N3O/c1-17-13-9-15-7-11(12(13)8-16-17)10-5-3-4-6-14(10)18-2/h3-6,8,11,15H,7,9H2,1-2H3. The molecular weight excluding hydrogens is 226 g/mol. The smallest absolute Gasteiger partial charge is 0.122 e. The largest absolute Gasteiger partial charge is 0.496 e. The minimum atomic E-state index is 0.318. The number of rotatable bonds is 2. The van der Waals surface area contributed by atoms with Gasteiger partial charge in [-0.05, 0) is 6.07 Å². The lowest BCUT2D eigenvalue weighted by Crippen LogP contribution is -2.29. The molecule has 4 heteroatoms. The summed E-state index contributed by atoms with van der Waals surface area (Å²) in [7, 11) is 3.71. The van der Waals surface area contributed by atoms with Crippen LogP contribution < -0.4 is 10.1 Å². The lowest BCUT2D eigenvalue weighted by Gasteiger charge is -2.25. The minimum absolute atomic E-state index is 0.318. The Bertz CT molecular complexity index is 562. The maximum Gasteiger partial charge on any atom is 0.122 e. The SMILES string of the molecule is COc1ccccc1C1CNCc2c1cnn2C. The van der Waals surface area contributed by atoms with Gasteiger partial charge < -0.3 is 10.1 Å². The second-order valence-electron chi connectivity index (χ2n) is 4.60. The summed E-state index contributed by atoms with van der Waals surface area (Å²) in [6.45, 7) is 1.82. The maximum absolute atomic E-state index is 5.47. The van der Waals surface area contributed by atoms with E-state index in [1.165, 1.54) is 16.8 Å². The first-order valence-corrected chi connectivity index (χ1v) is 6.15. The molecule has 2 aromatic rings. The summed E-state index contributed by atoms with van der Waals surface area (Å²) in [5.41, 5.74) is 3.79. The number of aromatic nitrogens is 2. The number of hydrogen-bond donors (Lipinski definition) is 1. The van der Waals surface area contributed by atoms with Crippen LogP contribution in [0.5, 0.6) is 5.75 Å². The van der Waals surface area contributed by atoms with E-state index >= 15 is 0 Å². The molecule has 4 nitrogen and oxygen atoms in total. The van der Waals surface area contributed by atoms with Crippen molar-refractivity contribution in [3.63, 3.8) is 0 Å². The van der Waals surface area contributed by atoms with E-state index in [0.717, 1.165) is 18.8 Å². The van der Waals surface area contributed by atoms with Gasteiger partial charge in [0, 0.05) is 37.2 Å². The molecule has 0 aliphatic carbocycles. The average Bonchev–Trinajstić information content (AvgIpc) is 2.81. The molecular formula is C14H17N3O. The second kappa shape index (κ2) is 4.46. The van der Waals surface area contributed by atoms with Crippen molar-refractivity contribution in [1.29, 1.82) is 0 Å². The molecule has 0 spiro atoms. The predicted octanol–water partition coefficient (Wildman–Crippen LogP) is 1.66. The van der Waals surface area contributed by atoms with Crippen molar-refractivity contribution in [2.45, 2.75) is 12.5 Å². The van der Waals surface area contributed by atoms with Crippen molar-refractivity contribution in [2.75, 3.05) is 13.7 Å². The van der Waals surface area contributed by atoms with Crippen LogP contribution in [0.25, 0.3) is 0 Å². The van der Waals surface area contributed by atoms with Gasteiger partial charge in [0.1, 0.15) is 5.75 Å². The first-order chi connectivity index (χ1) is 8.81. The topological polar surface area (TPSA) is 39.1 Å². The maximum atomic E-state index is 5.47. The lowest BCUT2D eigenvalue weighted by atomic mass is 9.88. The normalized spacial score (nSPS) is 18.4. The zero-order valence-electron chi connectivity index (χ0n) is 10.7. The highest BCUT2D eigenvalue weighted by Gasteiger charge is 2.26. The molecule has 1 aromatic heterocycles. The molecule has 1 N–H and O–H groups in total. The van der Waals surface area contributed by atoms with Gasteiger partial charge in [0.05, 0.1) is 19.0 Å². The summed E-state index contributed by atoms with van der Waals surface area (Å²) < 4.78 is 7.41. The Morgan fingerprint density at radius 2 is 2.17 bits per heavy atom. The summed E-state index contributed by atoms with van der Waals surface area (Å²) in [5, 5.41) is 7.82. The van der Waals surface area contributed by atoms with Gasteiger partial charge in [-0.2, -0.15) is 5.10 Å². The number of methoxy groups -OCH3 is 1. The number of fused-ring (bicyclic) bond motifs is 1. The van der Waals surface area contributed by atoms with E-state index in [2.05, 4.69) is 22.5 Å². The van der Waals surface area contributed by atoms with E-state index in [1.807, 2.05) is 30.1 Å². The Morgan fingerprint density at radius 3 is 3.00 bits per heavy atom. The molecule has 1 unspecified atom stereocenters. The van der Waals surface area contributed by atoms with Crippen molar-refractivity contribution >= 4 is 0 Å². The molecule has 0 fully saturated rings. The number of nitrogens with one attached hydrogen (secondary N) is 1. The van der Waals surface area contributed by atoms with Crippen LogP contribution in [0.3, 0.4) is 0 Å². The highest BCUT2D eigenvalue weighted by Crippen LogP contribution is 2.34. The number of para-hydroxylation sites is 1. The van der Waals surface area contributed by atoms with Gasteiger partial charge in [0.15, 0.2) is 0 Å². The number of benzene rings is 1. The molecule has 0 saturated carbocycles. The number of aryl methyl sites for hydroxylation is 1. The third-order valence-electron chi connectivity index (χ3n) is 3.62. The van der Waals surface area contributed by atoms with Gasteiger partial charge in [0.25, 0.3) is 0 Å². The van der Waals surface area contributed by atoms with E-state index in [1.54, 1.807) is 7.11 Å². The van der Waals surface area contributed by atoms with Crippen LogP contribution in [-0.2, 0) is 13.6 Å². The predicted molar refractivity (Wildman–Crippen MR) is 69.8 cm³/mol. The van der Waals surface area contributed by atoms with Crippen molar-refractivity contribution in [1.82, 2.24) is 15.1 Å². The fourth-order valence-electron chi connectivity index (χ4n) is 2.66. The first kappa shape index (κ1) is 11.3. The van der Waals surface area contributed by atoms with E-state index < -0.39 is 0 Å². The summed E-state index contributed by atoms with van der Waals surface area (Å²) in [4.78, 5) is 0. The highest BCUT2D eigenvalue weighted by molar-refractivity contribution is 5.44. The Hall–Kier alpha value is -1.81. The van der Waals surface area contributed by atoms with Crippen LogP contribution in [0.4, 0.5) is 0 Å². The molecule has 18 heavy (non-hydrogen) atoms. The van der Waals surface area contributed by atoms with Gasteiger partial charge in [-0.1, -0.05) is 18.2 Å². The summed E-state index contributed by atoms with van der Waals surface area (Å²) in [6, 6.07) is 8.21. The second-order valence-corrected chi connectivity index (χ2v) is 4.60. The molecule has 0 saturated heterocycles. The molecule has 1 aliphatic heterocycles.